The van der Waals surface area contributed by atoms with Crippen molar-refractivity contribution in [2.75, 3.05) is 36.9 Å². The summed E-state index contributed by atoms with van der Waals surface area (Å²) in [6.45, 7) is 2.97. The van der Waals surface area contributed by atoms with Gasteiger partial charge in [0.15, 0.2) is 11.5 Å². The third-order valence-corrected chi connectivity index (χ3v) is 7.70. The maximum Gasteiger partial charge on any atom is 0.419 e. The van der Waals surface area contributed by atoms with Crippen LogP contribution < -0.4 is 21.7 Å². The number of alkyl halides is 3. The molecule has 1 unspecified atom stereocenters. The van der Waals surface area contributed by atoms with E-state index < -0.39 is 29.6 Å². The van der Waals surface area contributed by atoms with Crippen molar-refractivity contribution in [2.45, 2.75) is 50.5 Å². The molecule has 2 fully saturated rings. The molecule has 5 rings (SSSR count). The molecular formula is C25H30F4N8O2. The first-order valence-corrected chi connectivity index (χ1v) is 12.7. The number of carbonyl (C=O) groups excluding carboxylic acids is 1. The molecule has 4 heterocycles. The van der Waals surface area contributed by atoms with Crippen molar-refractivity contribution in [3.8, 4) is 0 Å². The molecular weight excluding hydrogens is 520 g/mol. The highest BCUT2D eigenvalue weighted by molar-refractivity contribution is 5.88. The lowest BCUT2D eigenvalue weighted by molar-refractivity contribution is -0.140. The summed E-state index contributed by atoms with van der Waals surface area (Å²) >= 11 is 0. The van der Waals surface area contributed by atoms with Crippen molar-refractivity contribution >= 4 is 28.6 Å². The van der Waals surface area contributed by atoms with Gasteiger partial charge in [-0.1, -0.05) is 0 Å². The standard InChI is InChI=1S/C25H30F4N8O2/c1-14(15-4-8-39-9-5-15)35-23(38)24(31)6-7-36(11-24)18-3-2-17(26)19(25(27,28)29)16(18)10-37-13-34-20-21(30)32-12-33-22(20)37/h2-3,12-15H,4-11,31H2,1H3,(H,35,38)(H2,30,32,33)/t14?,24-/m1/s1. The number of nitrogens with one attached hydrogen (secondary N) is 1. The Labute approximate surface area is 221 Å². The first-order valence-electron chi connectivity index (χ1n) is 12.7. The van der Waals surface area contributed by atoms with Crippen LogP contribution in [0.15, 0.2) is 24.8 Å². The number of halogens is 4. The first-order chi connectivity index (χ1) is 18.5. The number of carbonyl (C=O) groups is 1. The highest BCUT2D eigenvalue weighted by Crippen LogP contribution is 2.40. The first kappa shape index (κ1) is 27.1. The van der Waals surface area contributed by atoms with Gasteiger partial charge < -0.3 is 31.0 Å². The zero-order valence-corrected chi connectivity index (χ0v) is 21.3. The summed E-state index contributed by atoms with van der Waals surface area (Å²) in [5.74, 6) is -1.44. The lowest BCUT2D eigenvalue weighted by Gasteiger charge is -2.32. The summed E-state index contributed by atoms with van der Waals surface area (Å²) in [5, 5.41) is 3.00. The maximum absolute atomic E-state index is 14.7. The number of imidazole rings is 1. The molecule has 2 aliphatic rings. The van der Waals surface area contributed by atoms with Crippen LogP contribution in [0.5, 0.6) is 0 Å². The molecule has 39 heavy (non-hydrogen) atoms. The van der Waals surface area contributed by atoms with Gasteiger partial charge in [0.1, 0.15) is 23.2 Å². The summed E-state index contributed by atoms with van der Waals surface area (Å²) in [5.41, 5.74) is 9.87. The minimum absolute atomic E-state index is 0.0327. The molecule has 14 heteroatoms. The average molecular weight is 551 g/mol. The molecule has 10 nitrogen and oxygen atoms in total. The number of amides is 1. The molecule has 1 aromatic carbocycles. The number of nitrogen functional groups attached to an aromatic ring is 1. The number of nitrogens with zero attached hydrogens (tertiary/aromatic N) is 5. The van der Waals surface area contributed by atoms with Gasteiger partial charge in [-0.05, 0) is 44.2 Å². The third kappa shape index (κ3) is 5.22. The Morgan fingerprint density at radius 2 is 2.00 bits per heavy atom. The number of fused-ring (bicyclic) bond motifs is 1. The summed E-state index contributed by atoms with van der Waals surface area (Å²) in [4.78, 5) is 26.9. The molecule has 0 aliphatic carbocycles. The number of rotatable bonds is 6. The molecule has 0 saturated carbocycles. The Morgan fingerprint density at radius 3 is 2.72 bits per heavy atom. The molecule has 5 N–H and O–H groups in total. The average Bonchev–Trinajstić information content (AvgIpc) is 3.49. The molecule has 0 spiro atoms. The van der Waals surface area contributed by atoms with Crippen LogP contribution in [0.2, 0.25) is 0 Å². The van der Waals surface area contributed by atoms with Crippen molar-refractivity contribution in [1.82, 2.24) is 24.8 Å². The minimum Gasteiger partial charge on any atom is -0.382 e. The van der Waals surface area contributed by atoms with E-state index in [1.807, 2.05) is 6.92 Å². The minimum atomic E-state index is -4.98. The Hall–Kier alpha value is -3.52. The van der Waals surface area contributed by atoms with E-state index in [2.05, 4.69) is 20.3 Å². The summed E-state index contributed by atoms with van der Waals surface area (Å²) in [6, 6.07) is 1.95. The van der Waals surface area contributed by atoms with Gasteiger partial charge in [0, 0.05) is 43.6 Å². The maximum atomic E-state index is 14.7. The van der Waals surface area contributed by atoms with Gasteiger partial charge in [-0.2, -0.15) is 13.2 Å². The number of nitrogens with two attached hydrogens (primary N) is 2. The molecule has 0 bridgehead atoms. The number of aromatic nitrogens is 4. The van der Waals surface area contributed by atoms with Crippen molar-refractivity contribution in [1.29, 1.82) is 0 Å². The largest absolute Gasteiger partial charge is 0.419 e. The second kappa shape index (κ2) is 10.2. The van der Waals surface area contributed by atoms with Crippen LogP contribution >= 0.6 is 0 Å². The fourth-order valence-electron chi connectivity index (χ4n) is 5.46. The van der Waals surface area contributed by atoms with Crippen molar-refractivity contribution in [3.05, 3.63) is 41.7 Å². The summed E-state index contributed by atoms with van der Waals surface area (Å²) < 4.78 is 63.9. The van der Waals surface area contributed by atoms with Crippen LogP contribution in [0, 0.1) is 11.7 Å². The van der Waals surface area contributed by atoms with Crippen LogP contribution in [-0.4, -0.2) is 63.3 Å². The Kier molecular flexibility index (Phi) is 7.10. The number of hydrogen-bond donors (Lipinski definition) is 3. The van der Waals surface area contributed by atoms with E-state index in [1.54, 1.807) is 4.90 Å². The molecule has 0 radical (unpaired) electrons. The molecule has 1 amide bonds. The van der Waals surface area contributed by atoms with E-state index in [0.717, 1.165) is 18.9 Å². The second-order valence-electron chi connectivity index (χ2n) is 10.3. The summed E-state index contributed by atoms with van der Waals surface area (Å²) in [7, 11) is 0. The molecule has 3 aromatic rings. The monoisotopic (exact) mass is 550 g/mol. The lowest BCUT2D eigenvalue weighted by Crippen LogP contribution is -2.58. The highest BCUT2D eigenvalue weighted by Gasteiger charge is 2.44. The molecule has 2 aromatic heterocycles. The zero-order valence-electron chi connectivity index (χ0n) is 21.3. The fourth-order valence-corrected chi connectivity index (χ4v) is 5.46. The van der Waals surface area contributed by atoms with E-state index >= 15 is 0 Å². The number of ether oxygens (including phenoxy) is 1. The Bertz CT molecular complexity index is 1370. The van der Waals surface area contributed by atoms with Crippen LogP contribution in [0.4, 0.5) is 29.1 Å². The predicted molar refractivity (Wildman–Crippen MR) is 135 cm³/mol. The molecule has 2 atom stereocenters. The quantitative estimate of drug-likeness (QED) is 0.398. The van der Waals surface area contributed by atoms with Crippen LogP contribution in [-0.2, 0) is 22.3 Å². The molecule has 2 aliphatic heterocycles. The van der Waals surface area contributed by atoms with Crippen LogP contribution in [0.1, 0.15) is 37.3 Å². The fraction of sp³-hybridized carbons (Fsp3) is 0.520. The van der Waals surface area contributed by atoms with Crippen LogP contribution in [0.3, 0.4) is 0 Å². The zero-order chi connectivity index (χ0) is 27.9. The van der Waals surface area contributed by atoms with E-state index in [1.165, 1.54) is 23.3 Å². The Morgan fingerprint density at radius 1 is 1.26 bits per heavy atom. The van der Waals surface area contributed by atoms with Gasteiger partial charge in [-0.3, -0.25) is 4.79 Å². The van der Waals surface area contributed by atoms with Gasteiger partial charge in [0.05, 0.1) is 18.4 Å². The third-order valence-electron chi connectivity index (χ3n) is 7.70. The SMILES string of the molecule is CC(NC(=O)[C@@]1(N)CCN(c2ccc(F)c(C(F)(F)F)c2Cn2cnc3c(N)ncnc32)C1)C1CCOCC1. The number of benzene rings is 1. The van der Waals surface area contributed by atoms with Gasteiger partial charge in [0.2, 0.25) is 5.91 Å². The van der Waals surface area contributed by atoms with E-state index in [9.17, 15) is 22.4 Å². The van der Waals surface area contributed by atoms with Gasteiger partial charge in [-0.25, -0.2) is 19.3 Å². The topological polar surface area (TPSA) is 137 Å². The summed E-state index contributed by atoms with van der Waals surface area (Å²) in [6.07, 6.45) is -0.651. The molecule has 210 valence electrons. The van der Waals surface area contributed by atoms with Gasteiger partial charge in [-0.15, -0.1) is 0 Å². The van der Waals surface area contributed by atoms with E-state index in [0.29, 0.717) is 13.2 Å². The highest BCUT2D eigenvalue weighted by atomic mass is 19.4. The van der Waals surface area contributed by atoms with E-state index in [4.69, 9.17) is 16.2 Å². The lowest BCUT2D eigenvalue weighted by atomic mass is 9.91. The smallest absolute Gasteiger partial charge is 0.382 e. The van der Waals surface area contributed by atoms with Gasteiger partial charge in [0.25, 0.3) is 0 Å². The Balaban J connectivity index is 1.45. The number of anilines is 2. The van der Waals surface area contributed by atoms with Crippen molar-refractivity contribution in [2.24, 2.45) is 11.7 Å². The molecule has 2 saturated heterocycles. The van der Waals surface area contributed by atoms with Crippen LogP contribution in [0.25, 0.3) is 11.2 Å². The second-order valence-corrected chi connectivity index (χ2v) is 10.3. The predicted octanol–water partition coefficient (Wildman–Crippen LogP) is 2.45. The van der Waals surface area contributed by atoms with E-state index in [-0.39, 0.29) is 65.6 Å². The van der Waals surface area contributed by atoms with Crippen molar-refractivity contribution in [3.63, 3.8) is 0 Å². The normalized spacial score (nSPS) is 21.4. The van der Waals surface area contributed by atoms with Crippen molar-refractivity contribution < 1.29 is 27.1 Å². The van der Waals surface area contributed by atoms with Gasteiger partial charge >= 0.3 is 6.18 Å². The number of hydrogen-bond acceptors (Lipinski definition) is 8.